The smallest absolute Gasteiger partial charge is 0.259 e. The third-order valence-electron chi connectivity index (χ3n) is 3.01. The molecule has 1 aromatic carbocycles. The minimum absolute atomic E-state index is 0.0689. The van der Waals surface area contributed by atoms with Crippen LogP contribution in [-0.4, -0.2) is 11.1 Å². The molecular formula is C16H17IN2O2. The Morgan fingerprint density at radius 2 is 1.95 bits per heavy atom. The third-order valence-corrected chi connectivity index (χ3v) is 4.04. The van der Waals surface area contributed by atoms with E-state index < -0.39 is 0 Å². The van der Waals surface area contributed by atoms with Crippen molar-refractivity contribution in [2.24, 2.45) is 0 Å². The van der Waals surface area contributed by atoms with Gasteiger partial charge in [0.25, 0.3) is 5.91 Å². The molecule has 0 unspecified atom stereocenters. The zero-order chi connectivity index (χ0) is 15.6. The minimum Gasteiger partial charge on any atom is -0.360 e. The molecule has 0 N–H and O–H groups in total. The van der Waals surface area contributed by atoms with Crippen LogP contribution in [0.1, 0.15) is 26.5 Å². The molecule has 0 aliphatic heterocycles. The zero-order valence-electron chi connectivity index (χ0n) is 12.3. The summed E-state index contributed by atoms with van der Waals surface area (Å²) < 4.78 is 6.90. The molecular weight excluding hydrogens is 379 g/mol. The summed E-state index contributed by atoms with van der Waals surface area (Å²) in [5.74, 6) is 0.693. The van der Waals surface area contributed by atoms with Crippen LogP contribution in [-0.2, 0) is 10.2 Å². The first-order valence-electron chi connectivity index (χ1n) is 6.53. The van der Waals surface area contributed by atoms with Crippen LogP contribution in [0.15, 0.2) is 47.5 Å². The Labute approximate surface area is 138 Å². The maximum Gasteiger partial charge on any atom is 0.259 e. The Morgan fingerprint density at radius 1 is 1.33 bits per heavy atom. The van der Waals surface area contributed by atoms with Crippen LogP contribution in [0.25, 0.3) is 11.3 Å². The first kappa shape index (κ1) is 15.8. The number of amides is 1. The summed E-state index contributed by atoms with van der Waals surface area (Å²) in [6.07, 6.45) is 1.29. The summed E-state index contributed by atoms with van der Waals surface area (Å²) in [5.41, 5.74) is 2.47. The molecule has 0 radical (unpaired) electrons. The van der Waals surface area contributed by atoms with E-state index in [4.69, 9.17) is 4.52 Å². The molecule has 110 valence electrons. The van der Waals surface area contributed by atoms with Crippen molar-refractivity contribution < 1.29 is 9.32 Å². The fourth-order valence-electron chi connectivity index (χ4n) is 1.74. The number of carbonyl (C=O) groups excluding carboxylic acids is 1. The number of halogens is 1. The lowest BCUT2D eigenvalue weighted by Gasteiger charge is -2.12. The first-order valence-corrected chi connectivity index (χ1v) is 7.49. The van der Waals surface area contributed by atoms with Gasteiger partial charge < -0.3 is 4.52 Å². The quantitative estimate of drug-likeness (QED) is 0.436. The van der Waals surface area contributed by atoms with Crippen molar-refractivity contribution >= 4 is 34.5 Å². The van der Waals surface area contributed by atoms with Gasteiger partial charge in [0.1, 0.15) is 11.5 Å². The fourth-order valence-corrected chi connectivity index (χ4v) is 2.25. The van der Waals surface area contributed by atoms with Crippen LogP contribution in [0.4, 0.5) is 5.69 Å². The van der Waals surface area contributed by atoms with Gasteiger partial charge in [-0.1, -0.05) is 44.6 Å². The number of benzene rings is 1. The van der Waals surface area contributed by atoms with Gasteiger partial charge in [0.2, 0.25) is 0 Å². The molecule has 2 aromatic rings. The van der Waals surface area contributed by atoms with Crippen molar-refractivity contribution in [1.82, 2.24) is 5.16 Å². The van der Waals surface area contributed by atoms with Crippen LogP contribution in [0, 0.1) is 0 Å². The van der Waals surface area contributed by atoms with E-state index in [-0.39, 0.29) is 11.3 Å². The lowest BCUT2D eigenvalue weighted by molar-refractivity contribution is -0.112. The van der Waals surface area contributed by atoms with E-state index in [1.807, 2.05) is 53.2 Å². The number of nitrogens with zero attached hydrogens (tertiary/aromatic N) is 2. The number of carbonyl (C=O) groups is 1. The molecule has 0 atom stereocenters. The van der Waals surface area contributed by atoms with E-state index in [2.05, 4.69) is 32.5 Å². The predicted molar refractivity (Wildman–Crippen MR) is 92.3 cm³/mol. The van der Waals surface area contributed by atoms with Crippen molar-refractivity contribution in [3.63, 3.8) is 0 Å². The molecule has 0 spiro atoms. The van der Waals surface area contributed by atoms with Crippen molar-refractivity contribution in [3.8, 4) is 11.3 Å². The average molecular weight is 396 g/mol. The van der Waals surface area contributed by atoms with Crippen molar-refractivity contribution in [3.05, 3.63) is 48.7 Å². The second-order valence-electron chi connectivity index (χ2n) is 5.70. The lowest BCUT2D eigenvalue weighted by Crippen LogP contribution is -2.16. The Balaban J connectivity index is 2.25. The SMILES string of the molecule is C=CC(=O)N(I)c1ccc(-c2cc(C(C)(C)C)on2)cc1. The minimum atomic E-state index is -0.153. The highest BCUT2D eigenvalue weighted by molar-refractivity contribution is 14.1. The van der Waals surface area contributed by atoms with Crippen molar-refractivity contribution in [2.75, 3.05) is 3.11 Å². The lowest BCUT2D eigenvalue weighted by atomic mass is 9.93. The van der Waals surface area contributed by atoms with Gasteiger partial charge in [-0.2, -0.15) is 0 Å². The molecule has 1 heterocycles. The van der Waals surface area contributed by atoms with Gasteiger partial charge in [0.05, 0.1) is 28.6 Å². The third kappa shape index (κ3) is 3.53. The Kier molecular flexibility index (Phi) is 4.51. The maximum absolute atomic E-state index is 11.6. The molecule has 0 saturated carbocycles. The van der Waals surface area contributed by atoms with Gasteiger partial charge in [-0.15, -0.1) is 0 Å². The highest BCUT2D eigenvalue weighted by Gasteiger charge is 2.20. The monoisotopic (exact) mass is 396 g/mol. The molecule has 1 aromatic heterocycles. The first-order chi connectivity index (χ1) is 9.82. The second kappa shape index (κ2) is 6.01. The number of aromatic nitrogens is 1. The van der Waals surface area contributed by atoms with Gasteiger partial charge >= 0.3 is 0 Å². The van der Waals surface area contributed by atoms with E-state index in [1.54, 1.807) is 0 Å². The summed E-state index contributed by atoms with van der Waals surface area (Å²) in [5, 5.41) is 4.11. The van der Waals surface area contributed by atoms with E-state index in [9.17, 15) is 4.79 Å². The number of anilines is 1. The highest BCUT2D eigenvalue weighted by atomic mass is 127. The van der Waals surface area contributed by atoms with Gasteiger partial charge in [0.15, 0.2) is 0 Å². The highest BCUT2D eigenvalue weighted by Crippen LogP contribution is 2.29. The second-order valence-corrected chi connectivity index (χ2v) is 6.66. The Hall–Kier alpha value is -1.63. The standard InChI is InChI=1S/C16H17IN2O2/c1-5-15(20)19(17)12-8-6-11(7-9-12)13-10-14(21-18-13)16(2,3)4/h5-10H,1H2,2-4H3. The summed E-state index contributed by atoms with van der Waals surface area (Å²) in [7, 11) is 0. The van der Waals surface area contributed by atoms with Crippen molar-refractivity contribution in [2.45, 2.75) is 26.2 Å². The summed E-state index contributed by atoms with van der Waals surface area (Å²) in [6.45, 7) is 9.72. The van der Waals surface area contributed by atoms with Gasteiger partial charge in [-0.05, 0) is 18.2 Å². The van der Waals surface area contributed by atoms with E-state index >= 15 is 0 Å². The van der Waals surface area contributed by atoms with E-state index in [0.29, 0.717) is 0 Å². The van der Waals surface area contributed by atoms with Crippen LogP contribution in [0.3, 0.4) is 0 Å². The Bertz CT molecular complexity index is 654. The summed E-state index contributed by atoms with van der Waals surface area (Å²) in [4.78, 5) is 11.6. The van der Waals surface area contributed by atoms with Crippen LogP contribution in [0.5, 0.6) is 0 Å². The van der Waals surface area contributed by atoms with Crippen LogP contribution >= 0.6 is 22.9 Å². The molecule has 2 rings (SSSR count). The molecule has 0 bridgehead atoms. The topological polar surface area (TPSA) is 46.3 Å². The molecule has 0 aliphatic carbocycles. The summed E-state index contributed by atoms with van der Waals surface area (Å²) in [6, 6.07) is 9.53. The van der Waals surface area contributed by atoms with Crippen LogP contribution < -0.4 is 3.11 Å². The molecule has 5 heteroatoms. The predicted octanol–water partition coefficient (Wildman–Crippen LogP) is 4.51. The molecule has 1 amide bonds. The van der Waals surface area contributed by atoms with E-state index in [1.165, 1.54) is 9.19 Å². The molecule has 4 nitrogen and oxygen atoms in total. The van der Waals surface area contributed by atoms with Gasteiger partial charge in [-0.25, -0.2) is 3.11 Å². The van der Waals surface area contributed by atoms with Gasteiger partial charge in [-0.3, -0.25) is 4.79 Å². The molecule has 0 aliphatic rings. The molecule has 0 fully saturated rings. The summed E-state index contributed by atoms with van der Waals surface area (Å²) >= 11 is 1.95. The number of rotatable bonds is 3. The average Bonchev–Trinajstić information content (AvgIpc) is 2.95. The van der Waals surface area contributed by atoms with Gasteiger partial charge in [0, 0.05) is 17.0 Å². The van der Waals surface area contributed by atoms with E-state index in [0.717, 1.165) is 22.7 Å². The maximum atomic E-state index is 11.6. The van der Waals surface area contributed by atoms with Crippen LogP contribution in [0.2, 0.25) is 0 Å². The largest absolute Gasteiger partial charge is 0.360 e. The number of hydrogen-bond donors (Lipinski definition) is 0. The zero-order valence-corrected chi connectivity index (χ0v) is 14.4. The van der Waals surface area contributed by atoms with Crippen molar-refractivity contribution in [1.29, 1.82) is 0 Å². The molecule has 0 saturated heterocycles. The normalized spacial score (nSPS) is 11.2. The molecule has 21 heavy (non-hydrogen) atoms. The fraction of sp³-hybridized carbons (Fsp3) is 0.250. The Morgan fingerprint density at radius 3 is 2.43 bits per heavy atom. The number of hydrogen-bond acceptors (Lipinski definition) is 3.